The number of aliphatic hydroxyl groups is 2. The van der Waals surface area contributed by atoms with Gasteiger partial charge in [0.05, 0.1) is 18.2 Å². The summed E-state index contributed by atoms with van der Waals surface area (Å²) in [5.41, 5.74) is 2.18. The summed E-state index contributed by atoms with van der Waals surface area (Å²) in [6, 6.07) is 4.77. The number of ether oxygens (including phenoxy) is 2. The number of phenols is 1. The van der Waals surface area contributed by atoms with Crippen LogP contribution in [0, 0.1) is 23.7 Å². The van der Waals surface area contributed by atoms with Crippen LogP contribution in [0.3, 0.4) is 0 Å². The van der Waals surface area contributed by atoms with Crippen LogP contribution in [0.5, 0.6) is 11.5 Å². The van der Waals surface area contributed by atoms with Crippen LogP contribution in [-0.2, 0) is 14.4 Å². The first-order chi connectivity index (χ1) is 21.5. The zero-order valence-electron chi connectivity index (χ0n) is 27.4. The molecule has 4 aliphatic rings. The number of phenolic OH excluding ortho intramolecular Hbond substituents is 1. The fourth-order valence-electron chi connectivity index (χ4n) is 7.70. The number of aliphatic hydroxyl groups excluding tert-OH is 2. The number of amides is 1. The number of carbonyl (C=O) groups excluding carboxylic acids is 1. The van der Waals surface area contributed by atoms with E-state index < -0.39 is 17.4 Å². The van der Waals surface area contributed by atoms with Crippen molar-refractivity contribution in [1.29, 1.82) is 0 Å². The largest absolute Gasteiger partial charge is 0.508 e. The molecule has 2 saturated carbocycles. The van der Waals surface area contributed by atoms with Gasteiger partial charge in [-0.2, -0.15) is 0 Å². The van der Waals surface area contributed by atoms with Crippen molar-refractivity contribution in [3.8, 4) is 11.5 Å². The van der Waals surface area contributed by atoms with Gasteiger partial charge in [-0.25, -0.2) is 0 Å². The normalized spacial score (nSPS) is 29.7. The molecular weight excluding hydrogens is 572 g/mol. The zero-order chi connectivity index (χ0) is 32.4. The Morgan fingerprint density at radius 3 is 2.51 bits per heavy atom. The standard InChI is InChI=1S/C36H52N2O7/c1-6-19-43-36-31(38(5)34(42)23-13-14-23)22-29(37-45-35(2,3)4)27-20-24(11-7-9-17-39)26(12-8-10-18-40)32(33(27)36)28-21-25(41)15-16-30(28)44-36/h6,15-16,20-21,23-24,26,31-33,39-41H,1,7-14,17-19,22H2,2-5H3. The van der Waals surface area contributed by atoms with Crippen LogP contribution in [0.4, 0.5) is 0 Å². The average molecular weight is 625 g/mol. The Morgan fingerprint density at radius 1 is 1.16 bits per heavy atom. The lowest BCUT2D eigenvalue weighted by atomic mass is 9.55. The molecule has 0 bridgehead atoms. The maximum atomic E-state index is 13.7. The quantitative estimate of drug-likeness (QED) is 0.138. The topological polar surface area (TPSA) is 121 Å². The number of benzene rings is 1. The maximum absolute atomic E-state index is 13.7. The molecule has 3 N–H and O–H groups in total. The first-order valence-corrected chi connectivity index (χ1v) is 16.8. The Hall–Kier alpha value is -2.88. The number of unbranched alkanes of at least 4 members (excludes halogenated alkanes) is 2. The van der Waals surface area contributed by atoms with Crippen LogP contribution < -0.4 is 4.74 Å². The van der Waals surface area contributed by atoms with Crippen LogP contribution in [0.15, 0.2) is 47.7 Å². The molecule has 0 radical (unpaired) electrons. The number of fused-ring (bicyclic) bond motifs is 2. The van der Waals surface area contributed by atoms with Crippen molar-refractivity contribution >= 4 is 11.6 Å². The Balaban J connectivity index is 1.74. The number of hydrogen-bond acceptors (Lipinski definition) is 8. The lowest BCUT2D eigenvalue weighted by Gasteiger charge is -2.59. The molecule has 2 fully saturated rings. The second kappa shape index (κ2) is 13.9. The number of rotatable bonds is 14. The highest BCUT2D eigenvalue weighted by Crippen LogP contribution is 2.62. The molecule has 248 valence electrons. The Bertz CT molecular complexity index is 1280. The van der Waals surface area contributed by atoms with Gasteiger partial charge in [0, 0.05) is 44.1 Å². The minimum Gasteiger partial charge on any atom is -0.508 e. The van der Waals surface area contributed by atoms with Crippen LogP contribution in [0.2, 0.25) is 0 Å². The maximum Gasteiger partial charge on any atom is 0.239 e. The fraction of sp³-hybridized carbons (Fsp3) is 0.667. The third-order valence-electron chi connectivity index (χ3n) is 9.83. The summed E-state index contributed by atoms with van der Waals surface area (Å²) < 4.78 is 13.8. The van der Waals surface area contributed by atoms with E-state index in [1.54, 1.807) is 12.1 Å². The Kier molecular flexibility index (Phi) is 10.3. The molecule has 1 aromatic rings. The highest BCUT2D eigenvalue weighted by Gasteiger charge is 2.65. The smallest absolute Gasteiger partial charge is 0.239 e. The lowest BCUT2D eigenvalue weighted by molar-refractivity contribution is -0.256. The van der Waals surface area contributed by atoms with Crippen molar-refractivity contribution in [3.05, 3.63) is 48.1 Å². The Labute approximate surface area is 267 Å². The van der Waals surface area contributed by atoms with Crippen LogP contribution >= 0.6 is 0 Å². The first kappa shape index (κ1) is 33.5. The van der Waals surface area contributed by atoms with Gasteiger partial charge in [-0.3, -0.25) is 4.79 Å². The molecule has 0 spiro atoms. The monoisotopic (exact) mass is 624 g/mol. The predicted molar refractivity (Wildman–Crippen MR) is 173 cm³/mol. The van der Waals surface area contributed by atoms with E-state index in [-0.39, 0.29) is 61.1 Å². The van der Waals surface area contributed by atoms with E-state index in [9.17, 15) is 20.1 Å². The second-order valence-corrected chi connectivity index (χ2v) is 14.2. The molecule has 3 aliphatic carbocycles. The van der Waals surface area contributed by atoms with E-state index in [0.29, 0.717) is 25.0 Å². The summed E-state index contributed by atoms with van der Waals surface area (Å²) in [5, 5.41) is 34.9. The molecule has 0 aromatic heterocycles. The highest BCUT2D eigenvalue weighted by atomic mass is 16.7. The second-order valence-electron chi connectivity index (χ2n) is 14.2. The summed E-state index contributed by atoms with van der Waals surface area (Å²) in [6.45, 7) is 10.3. The minimum atomic E-state index is -1.24. The molecule has 1 amide bonds. The lowest BCUT2D eigenvalue weighted by Crippen LogP contribution is -2.69. The van der Waals surface area contributed by atoms with Crippen LogP contribution in [0.1, 0.15) is 90.0 Å². The van der Waals surface area contributed by atoms with Gasteiger partial charge in [-0.15, -0.1) is 6.58 Å². The molecule has 1 aliphatic heterocycles. The van der Waals surface area contributed by atoms with Crippen molar-refractivity contribution < 1.29 is 34.4 Å². The molecule has 45 heavy (non-hydrogen) atoms. The van der Waals surface area contributed by atoms with Gasteiger partial charge in [0.1, 0.15) is 23.1 Å². The molecule has 6 atom stereocenters. The van der Waals surface area contributed by atoms with Gasteiger partial charge in [0.15, 0.2) is 0 Å². The first-order valence-electron chi connectivity index (χ1n) is 16.8. The predicted octanol–water partition coefficient (Wildman–Crippen LogP) is 5.69. The van der Waals surface area contributed by atoms with E-state index in [2.05, 4.69) is 12.7 Å². The molecule has 9 heteroatoms. The highest BCUT2D eigenvalue weighted by molar-refractivity contribution is 6.03. The van der Waals surface area contributed by atoms with Crippen molar-refractivity contribution in [2.45, 2.75) is 102 Å². The third kappa shape index (κ3) is 6.96. The van der Waals surface area contributed by atoms with Gasteiger partial charge in [0.25, 0.3) is 0 Å². The van der Waals surface area contributed by atoms with E-state index in [4.69, 9.17) is 19.5 Å². The van der Waals surface area contributed by atoms with Gasteiger partial charge in [-0.05, 0) is 94.9 Å². The van der Waals surface area contributed by atoms with Gasteiger partial charge >= 0.3 is 0 Å². The van der Waals surface area contributed by atoms with Gasteiger partial charge in [0.2, 0.25) is 11.7 Å². The van der Waals surface area contributed by atoms with Crippen LogP contribution in [0.25, 0.3) is 0 Å². The number of carbonyl (C=O) groups is 1. The average Bonchev–Trinajstić information content (AvgIpc) is 3.85. The van der Waals surface area contributed by atoms with Crippen molar-refractivity contribution in [3.63, 3.8) is 0 Å². The van der Waals surface area contributed by atoms with E-state index >= 15 is 0 Å². The van der Waals surface area contributed by atoms with Crippen molar-refractivity contribution in [2.24, 2.45) is 28.8 Å². The number of hydrogen-bond donors (Lipinski definition) is 3. The minimum absolute atomic E-state index is 0.00622. The summed E-state index contributed by atoms with van der Waals surface area (Å²) in [4.78, 5) is 21.6. The summed E-state index contributed by atoms with van der Waals surface area (Å²) in [7, 11) is 1.85. The summed E-state index contributed by atoms with van der Waals surface area (Å²) >= 11 is 0. The number of allylic oxidation sites excluding steroid dienone is 1. The van der Waals surface area contributed by atoms with E-state index in [0.717, 1.165) is 55.4 Å². The number of oxime groups is 1. The number of nitrogens with zero attached hydrogens (tertiary/aromatic N) is 2. The summed E-state index contributed by atoms with van der Waals surface area (Å²) in [5.74, 6) is -0.537. The Morgan fingerprint density at radius 2 is 1.87 bits per heavy atom. The van der Waals surface area contributed by atoms with Crippen molar-refractivity contribution in [1.82, 2.24) is 4.90 Å². The molecule has 1 heterocycles. The molecule has 5 rings (SSSR count). The van der Waals surface area contributed by atoms with Gasteiger partial charge < -0.3 is 34.5 Å². The number of likely N-dealkylation sites (N-methyl/N-ethyl adjacent to an activating group) is 1. The third-order valence-corrected chi connectivity index (χ3v) is 9.83. The molecule has 9 nitrogen and oxygen atoms in total. The molecular formula is C36H52N2O7. The molecule has 6 unspecified atom stereocenters. The summed E-state index contributed by atoms with van der Waals surface area (Å²) in [6.07, 6.45) is 11.1. The van der Waals surface area contributed by atoms with E-state index in [1.807, 2.05) is 44.9 Å². The molecule has 0 saturated heterocycles. The van der Waals surface area contributed by atoms with Crippen molar-refractivity contribution in [2.75, 3.05) is 26.9 Å². The SMILES string of the molecule is C=CCOC12Oc3ccc(O)cc3C3C(CCCCO)C(CCCCO)C=C(C(=NOC(C)(C)C)CC1N(C)C(=O)C1CC1)C32. The van der Waals surface area contributed by atoms with Crippen LogP contribution in [-0.4, -0.2) is 76.1 Å². The zero-order valence-corrected chi connectivity index (χ0v) is 27.4. The molecule has 1 aromatic carbocycles. The van der Waals surface area contributed by atoms with Gasteiger partial charge in [-0.1, -0.05) is 30.1 Å². The number of aromatic hydroxyl groups is 1. The fourth-order valence-corrected chi connectivity index (χ4v) is 7.70. The van der Waals surface area contributed by atoms with E-state index in [1.165, 1.54) is 0 Å².